The number of hydrogen-bond acceptors (Lipinski definition) is 1. The molecule has 124 valence electrons. The summed E-state index contributed by atoms with van der Waals surface area (Å²) < 4.78 is 0. The summed E-state index contributed by atoms with van der Waals surface area (Å²) in [6, 6.07) is 12.1. The van der Waals surface area contributed by atoms with Crippen molar-refractivity contribution in [3.63, 3.8) is 0 Å². The number of benzene rings is 1. The molecule has 0 aliphatic rings. The lowest BCUT2D eigenvalue weighted by Crippen LogP contribution is -2.43. The summed E-state index contributed by atoms with van der Waals surface area (Å²) in [6.45, 7) is 12.5. The van der Waals surface area contributed by atoms with Gasteiger partial charge in [-0.15, -0.1) is 0 Å². The summed E-state index contributed by atoms with van der Waals surface area (Å²) in [6.07, 6.45) is 1.80. The molecule has 0 fully saturated rings. The minimum atomic E-state index is -1.03. The molecule has 0 N–H and O–H groups in total. The second kappa shape index (κ2) is 6.70. The van der Waals surface area contributed by atoms with Crippen LogP contribution in [0.25, 0.3) is 11.3 Å². The fourth-order valence-electron chi connectivity index (χ4n) is 2.71. The summed E-state index contributed by atoms with van der Waals surface area (Å²) >= 11 is 0. The Morgan fingerprint density at radius 3 is 1.96 bits per heavy atom. The molecule has 1 unspecified atom stereocenters. The minimum Gasteiger partial charge on any atom is -0.256 e. The summed E-state index contributed by atoms with van der Waals surface area (Å²) in [5.74, 6) is -0.207. The SMILES string of the molecule is [B]C(c1cc(-c2ccccc2)ncc1C([B])([B])C(C)(C)C)C(C)(C)C. The number of hydrogen-bond donors (Lipinski definition) is 0. The van der Waals surface area contributed by atoms with E-state index in [9.17, 15) is 0 Å². The molecule has 1 heterocycles. The summed E-state index contributed by atoms with van der Waals surface area (Å²) in [5.41, 5.74) is 3.23. The van der Waals surface area contributed by atoms with Gasteiger partial charge in [-0.2, -0.15) is 0 Å². The van der Waals surface area contributed by atoms with Crippen LogP contribution in [0, 0.1) is 10.8 Å². The number of nitrogens with zero attached hydrogens (tertiary/aromatic N) is 1. The average Bonchev–Trinajstić information content (AvgIpc) is 2.52. The van der Waals surface area contributed by atoms with Crippen LogP contribution in [0.5, 0.6) is 0 Å². The van der Waals surface area contributed by atoms with Crippen LogP contribution in [0.2, 0.25) is 0 Å². The van der Waals surface area contributed by atoms with Gasteiger partial charge < -0.3 is 0 Å². The first-order chi connectivity index (χ1) is 11.4. The molecule has 0 aliphatic heterocycles. The number of aromatic nitrogens is 1. The minimum absolute atomic E-state index is 0.127. The van der Waals surface area contributed by atoms with Gasteiger partial charge in [0.25, 0.3) is 0 Å². The van der Waals surface area contributed by atoms with E-state index < -0.39 is 5.21 Å². The topological polar surface area (TPSA) is 12.9 Å². The van der Waals surface area contributed by atoms with Gasteiger partial charge in [-0.05, 0) is 33.8 Å². The highest BCUT2D eigenvalue weighted by Gasteiger charge is 2.37. The smallest absolute Gasteiger partial charge is 0.0770 e. The Labute approximate surface area is 157 Å². The van der Waals surface area contributed by atoms with Crippen LogP contribution in [0.4, 0.5) is 0 Å². The normalized spacial score (nSPS) is 14.3. The number of pyridine rings is 1. The lowest BCUT2D eigenvalue weighted by Gasteiger charge is -2.43. The van der Waals surface area contributed by atoms with E-state index in [0.717, 1.165) is 22.4 Å². The van der Waals surface area contributed by atoms with Crippen LogP contribution in [-0.2, 0) is 5.21 Å². The van der Waals surface area contributed by atoms with Crippen molar-refractivity contribution in [3.8, 4) is 11.3 Å². The maximum absolute atomic E-state index is 6.62. The van der Waals surface area contributed by atoms with Gasteiger partial charge in [0.15, 0.2) is 0 Å². The number of rotatable bonds is 3. The third-order valence-corrected chi connectivity index (χ3v) is 4.96. The molecule has 1 aromatic carbocycles. The predicted molar refractivity (Wildman–Crippen MR) is 110 cm³/mol. The van der Waals surface area contributed by atoms with E-state index in [4.69, 9.17) is 23.5 Å². The van der Waals surface area contributed by atoms with E-state index in [1.165, 1.54) is 0 Å². The van der Waals surface area contributed by atoms with Crippen molar-refractivity contribution in [3.05, 3.63) is 53.7 Å². The van der Waals surface area contributed by atoms with Gasteiger partial charge in [0.1, 0.15) is 0 Å². The van der Waals surface area contributed by atoms with Crippen molar-refractivity contribution in [1.29, 1.82) is 0 Å². The van der Waals surface area contributed by atoms with Crippen molar-refractivity contribution in [2.75, 3.05) is 0 Å². The van der Waals surface area contributed by atoms with E-state index >= 15 is 0 Å². The van der Waals surface area contributed by atoms with Crippen LogP contribution in [0.1, 0.15) is 58.5 Å². The molecular formula is C21H26B3N. The first-order valence-corrected chi connectivity index (χ1v) is 8.75. The molecule has 0 amide bonds. The van der Waals surface area contributed by atoms with Crippen molar-refractivity contribution in [2.24, 2.45) is 10.8 Å². The van der Waals surface area contributed by atoms with Crippen LogP contribution in [0.3, 0.4) is 0 Å². The Bertz CT molecular complexity index is 725. The fourth-order valence-corrected chi connectivity index (χ4v) is 2.71. The Kier molecular flexibility index (Phi) is 5.33. The van der Waals surface area contributed by atoms with E-state index in [0.29, 0.717) is 0 Å². The first-order valence-electron chi connectivity index (χ1n) is 8.75. The highest BCUT2D eigenvalue weighted by Crippen LogP contribution is 2.43. The summed E-state index contributed by atoms with van der Waals surface area (Å²) in [5, 5.41) is -1.03. The molecule has 1 aromatic heterocycles. The van der Waals surface area contributed by atoms with Gasteiger partial charge >= 0.3 is 0 Å². The van der Waals surface area contributed by atoms with Crippen molar-refractivity contribution < 1.29 is 0 Å². The Balaban J connectivity index is 2.69. The Morgan fingerprint density at radius 2 is 1.48 bits per heavy atom. The van der Waals surface area contributed by atoms with Crippen LogP contribution in [0.15, 0.2) is 42.6 Å². The molecule has 0 saturated heterocycles. The van der Waals surface area contributed by atoms with Crippen LogP contribution >= 0.6 is 0 Å². The molecule has 2 aromatic rings. The first kappa shape index (κ1) is 19.9. The lowest BCUT2D eigenvalue weighted by atomic mass is 9.40. The van der Waals surface area contributed by atoms with E-state index in [2.05, 4.69) is 25.8 Å². The van der Waals surface area contributed by atoms with Crippen LogP contribution < -0.4 is 0 Å². The standard InChI is InChI=1S/C21H26B3N/c1-19(2,3)18(22)15-12-17(14-10-8-7-9-11-14)25-13-16(15)21(23,24)20(4,5)6/h7-13,18H,1-6H3. The predicted octanol–water partition coefficient (Wildman–Crippen LogP) is 4.54. The van der Waals surface area contributed by atoms with Gasteiger partial charge in [0.2, 0.25) is 0 Å². The fraction of sp³-hybridized carbons (Fsp3) is 0.476. The quantitative estimate of drug-likeness (QED) is 0.755. The lowest BCUT2D eigenvalue weighted by molar-refractivity contribution is 0.348. The Morgan fingerprint density at radius 1 is 0.920 bits per heavy atom. The molecule has 0 spiro atoms. The third-order valence-electron chi connectivity index (χ3n) is 4.96. The maximum Gasteiger partial charge on any atom is 0.0770 e. The summed E-state index contributed by atoms with van der Waals surface area (Å²) in [4.78, 5) is 4.64. The zero-order chi connectivity index (χ0) is 19.0. The van der Waals surface area contributed by atoms with Gasteiger partial charge in [-0.1, -0.05) is 77.1 Å². The van der Waals surface area contributed by atoms with Crippen molar-refractivity contribution >= 4 is 23.5 Å². The molecule has 1 atom stereocenters. The van der Waals surface area contributed by atoms with Gasteiger partial charge in [-0.25, -0.2) is 0 Å². The molecule has 0 saturated carbocycles. The Hall–Kier alpha value is -1.44. The zero-order valence-electron chi connectivity index (χ0n) is 16.3. The molecule has 1 nitrogen and oxygen atoms in total. The molecule has 6 radical (unpaired) electrons. The van der Waals surface area contributed by atoms with E-state index in [-0.39, 0.29) is 16.6 Å². The average molecular weight is 325 g/mol. The van der Waals surface area contributed by atoms with E-state index in [1.54, 1.807) is 6.20 Å². The van der Waals surface area contributed by atoms with Crippen LogP contribution in [-0.4, -0.2) is 28.5 Å². The molecule has 4 heteroatoms. The molecular weight excluding hydrogens is 299 g/mol. The highest BCUT2D eigenvalue weighted by atomic mass is 14.7. The second-order valence-corrected chi connectivity index (χ2v) is 8.99. The van der Waals surface area contributed by atoms with Gasteiger partial charge in [-0.3, -0.25) is 4.98 Å². The molecule has 0 aliphatic carbocycles. The second-order valence-electron chi connectivity index (χ2n) is 8.99. The van der Waals surface area contributed by atoms with Gasteiger partial charge in [0.05, 0.1) is 29.2 Å². The monoisotopic (exact) mass is 325 g/mol. The third kappa shape index (κ3) is 4.05. The van der Waals surface area contributed by atoms with Gasteiger partial charge in [0, 0.05) is 11.8 Å². The van der Waals surface area contributed by atoms with E-state index in [1.807, 2.05) is 57.2 Å². The van der Waals surface area contributed by atoms with Crippen molar-refractivity contribution in [1.82, 2.24) is 4.98 Å². The highest BCUT2D eigenvalue weighted by molar-refractivity contribution is 6.41. The molecule has 2 rings (SSSR count). The molecule has 0 bridgehead atoms. The zero-order valence-corrected chi connectivity index (χ0v) is 16.3. The largest absolute Gasteiger partial charge is 0.256 e. The maximum atomic E-state index is 6.62. The summed E-state index contributed by atoms with van der Waals surface area (Å²) in [7, 11) is 19.8. The van der Waals surface area contributed by atoms with Crippen molar-refractivity contribution in [2.45, 2.75) is 52.6 Å². The molecule has 25 heavy (non-hydrogen) atoms.